The maximum Gasteiger partial charge on any atom is 0.307 e. The molecular formula is C13H25NO2. The predicted octanol–water partition coefficient (Wildman–Crippen LogP) is 2.45. The minimum absolute atomic E-state index is 0.108. The van der Waals surface area contributed by atoms with Crippen LogP contribution in [0.4, 0.5) is 0 Å². The molecule has 1 aliphatic rings. The van der Waals surface area contributed by atoms with Crippen LogP contribution in [0.25, 0.3) is 0 Å². The van der Waals surface area contributed by atoms with Crippen LogP contribution in [0.5, 0.6) is 0 Å². The first kappa shape index (κ1) is 13.5. The Bertz CT molecular complexity index is 222. The second-order valence-corrected chi connectivity index (χ2v) is 5.21. The molecule has 94 valence electrons. The lowest BCUT2D eigenvalue weighted by Gasteiger charge is -2.36. The van der Waals surface area contributed by atoms with Gasteiger partial charge in [-0.25, -0.2) is 0 Å². The SMILES string of the molecule is COC(=O)CC(C)N(C)C1CCC(C)CC1. The van der Waals surface area contributed by atoms with Crippen molar-refractivity contribution in [3.05, 3.63) is 0 Å². The van der Waals surface area contributed by atoms with E-state index in [9.17, 15) is 4.79 Å². The lowest BCUT2D eigenvalue weighted by molar-refractivity contribution is -0.142. The van der Waals surface area contributed by atoms with Crippen LogP contribution in [0.1, 0.15) is 46.0 Å². The summed E-state index contributed by atoms with van der Waals surface area (Å²) in [5, 5.41) is 0. The molecule has 1 saturated carbocycles. The van der Waals surface area contributed by atoms with Crippen molar-refractivity contribution >= 4 is 5.97 Å². The van der Waals surface area contributed by atoms with Crippen molar-refractivity contribution in [1.82, 2.24) is 4.90 Å². The second kappa shape index (κ2) is 6.24. The largest absolute Gasteiger partial charge is 0.469 e. The zero-order valence-corrected chi connectivity index (χ0v) is 11.0. The summed E-state index contributed by atoms with van der Waals surface area (Å²) in [5.74, 6) is 0.768. The fraction of sp³-hybridized carbons (Fsp3) is 0.923. The standard InChI is InChI=1S/C13H25NO2/c1-10-5-7-12(8-6-10)14(3)11(2)9-13(15)16-4/h10-12H,5-9H2,1-4H3. The molecule has 16 heavy (non-hydrogen) atoms. The molecule has 1 fully saturated rings. The number of esters is 1. The van der Waals surface area contributed by atoms with Crippen molar-refractivity contribution < 1.29 is 9.53 Å². The number of rotatable bonds is 4. The minimum atomic E-state index is -0.108. The molecule has 0 radical (unpaired) electrons. The zero-order valence-electron chi connectivity index (χ0n) is 11.0. The highest BCUT2D eigenvalue weighted by molar-refractivity contribution is 5.69. The molecule has 1 unspecified atom stereocenters. The Hall–Kier alpha value is -0.570. The fourth-order valence-electron chi connectivity index (χ4n) is 2.48. The summed E-state index contributed by atoms with van der Waals surface area (Å²) in [6, 6.07) is 0.932. The predicted molar refractivity (Wildman–Crippen MR) is 65.3 cm³/mol. The summed E-state index contributed by atoms with van der Waals surface area (Å²) in [7, 11) is 3.59. The van der Waals surface area contributed by atoms with E-state index in [1.54, 1.807) is 0 Å². The Kier molecular flexibility index (Phi) is 5.26. The third-order valence-electron chi connectivity index (χ3n) is 3.95. The molecule has 3 nitrogen and oxygen atoms in total. The number of ether oxygens (including phenoxy) is 1. The average Bonchev–Trinajstić information content (AvgIpc) is 2.28. The van der Waals surface area contributed by atoms with Crippen LogP contribution in [0.15, 0.2) is 0 Å². The van der Waals surface area contributed by atoms with Crippen LogP contribution < -0.4 is 0 Å². The molecule has 1 rings (SSSR count). The van der Waals surface area contributed by atoms with Crippen LogP contribution in [-0.4, -0.2) is 37.1 Å². The smallest absolute Gasteiger partial charge is 0.307 e. The second-order valence-electron chi connectivity index (χ2n) is 5.21. The fourth-order valence-corrected chi connectivity index (χ4v) is 2.48. The van der Waals surface area contributed by atoms with Gasteiger partial charge in [0.2, 0.25) is 0 Å². The molecular weight excluding hydrogens is 202 g/mol. The number of carbonyl (C=O) groups excluding carboxylic acids is 1. The van der Waals surface area contributed by atoms with Gasteiger partial charge in [-0.05, 0) is 45.6 Å². The Morgan fingerprint density at radius 3 is 2.44 bits per heavy atom. The molecule has 1 atom stereocenters. The van der Waals surface area contributed by atoms with E-state index in [4.69, 9.17) is 4.74 Å². The van der Waals surface area contributed by atoms with Crippen molar-refractivity contribution in [2.24, 2.45) is 5.92 Å². The van der Waals surface area contributed by atoms with Crippen molar-refractivity contribution in [2.75, 3.05) is 14.2 Å². The molecule has 1 aliphatic carbocycles. The van der Waals surface area contributed by atoms with Gasteiger partial charge in [-0.2, -0.15) is 0 Å². The van der Waals surface area contributed by atoms with Crippen LogP contribution in [0.2, 0.25) is 0 Å². The molecule has 0 spiro atoms. The number of nitrogens with zero attached hydrogens (tertiary/aromatic N) is 1. The van der Waals surface area contributed by atoms with Gasteiger partial charge in [0.1, 0.15) is 0 Å². The summed E-state index contributed by atoms with van der Waals surface area (Å²) >= 11 is 0. The maximum atomic E-state index is 11.2. The number of hydrogen-bond acceptors (Lipinski definition) is 3. The first-order valence-electron chi connectivity index (χ1n) is 6.33. The van der Waals surface area contributed by atoms with Gasteiger partial charge in [0, 0.05) is 12.1 Å². The Morgan fingerprint density at radius 2 is 1.94 bits per heavy atom. The summed E-state index contributed by atoms with van der Waals surface area (Å²) in [5.41, 5.74) is 0. The molecule has 0 aromatic rings. The van der Waals surface area contributed by atoms with Crippen LogP contribution in [0.3, 0.4) is 0 Å². The first-order chi connectivity index (χ1) is 7.54. The van der Waals surface area contributed by atoms with Gasteiger partial charge in [-0.1, -0.05) is 6.92 Å². The van der Waals surface area contributed by atoms with Gasteiger partial charge >= 0.3 is 5.97 Å². The van der Waals surface area contributed by atoms with Crippen molar-refractivity contribution in [2.45, 2.75) is 58.0 Å². The zero-order chi connectivity index (χ0) is 12.1. The van der Waals surface area contributed by atoms with E-state index in [2.05, 4.69) is 25.8 Å². The van der Waals surface area contributed by atoms with Crippen LogP contribution in [0, 0.1) is 5.92 Å². The van der Waals surface area contributed by atoms with E-state index in [0.717, 1.165) is 5.92 Å². The van der Waals surface area contributed by atoms with Gasteiger partial charge in [-0.15, -0.1) is 0 Å². The molecule has 0 aromatic heterocycles. The highest BCUT2D eigenvalue weighted by Gasteiger charge is 2.25. The molecule has 0 heterocycles. The minimum Gasteiger partial charge on any atom is -0.469 e. The van der Waals surface area contributed by atoms with Crippen molar-refractivity contribution in [3.8, 4) is 0 Å². The first-order valence-corrected chi connectivity index (χ1v) is 6.33. The molecule has 3 heteroatoms. The highest BCUT2D eigenvalue weighted by Crippen LogP contribution is 2.27. The van der Waals surface area contributed by atoms with Crippen molar-refractivity contribution in [3.63, 3.8) is 0 Å². The molecule has 0 saturated heterocycles. The van der Waals surface area contributed by atoms with E-state index in [-0.39, 0.29) is 12.0 Å². The van der Waals surface area contributed by atoms with E-state index in [1.807, 2.05) is 0 Å². The van der Waals surface area contributed by atoms with E-state index < -0.39 is 0 Å². The van der Waals surface area contributed by atoms with E-state index in [1.165, 1.54) is 32.8 Å². The van der Waals surface area contributed by atoms with Gasteiger partial charge < -0.3 is 9.64 Å². The van der Waals surface area contributed by atoms with Crippen LogP contribution in [-0.2, 0) is 9.53 Å². The summed E-state index contributed by atoms with van der Waals surface area (Å²) in [6.07, 6.45) is 5.67. The third-order valence-corrected chi connectivity index (χ3v) is 3.95. The van der Waals surface area contributed by atoms with Crippen LogP contribution >= 0.6 is 0 Å². The lowest BCUT2D eigenvalue weighted by atomic mass is 9.86. The number of hydrogen-bond donors (Lipinski definition) is 0. The van der Waals surface area contributed by atoms with Gasteiger partial charge in [0.05, 0.1) is 13.5 Å². The van der Waals surface area contributed by atoms with Crippen molar-refractivity contribution in [1.29, 1.82) is 0 Å². The summed E-state index contributed by atoms with van der Waals surface area (Å²) in [6.45, 7) is 4.43. The van der Waals surface area contributed by atoms with Gasteiger partial charge in [0.25, 0.3) is 0 Å². The molecule has 0 N–H and O–H groups in total. The average molecular weight is 227 g/mol. The lowest BCUT2D eigenvalue weighted by Crippen LogP contribution is -2.41. The Labute approximate surface area is 99.1 Å². The van der Waals surface area contributed by atoms with Gasteiger partial charge in [-0.3, -0.25) is 4.79 Å². The van der Waals surface area contributed by atoms with Gasteiger partial charge in [0.15, 0.2) is 0 Å². The number of carbonyl (C=O) groups is 1. The topological polar surface area (TPSA) is 29.5 Å². The maximum absolute atomic E-state index is 11.2. The van der Waals surface area contributed by atoms with E-state index in [0.29, 0.717) is 12.5 Å². The summed E-state index contributed by atoms with van der Waals surface area (Å²) < 4.78 is 4.71. The molecule has 0 aromatic carbocycles. The normalized spacial score (nSPS) is 27.8. The van der Waals surface area contributed by atoms with E-state index >= 15 is 0 Å². The molecule has 0 bridgehead atoms. The Balaban J connectivity index is 2.38. The molecule has 0 aliphatic heterocycles. The quantitative estimate of drug-likeness (QED) is 0.691. The Morgan fingerprint density at radius 1 is 1.38 bits per heavy atom. The monoisotopic (exact) mass is 227 g/mol. The summed E-state index contributed by atoms with van der Waals surface area (Å²) in [4.78, 5) is 13.6. The molecule has 0 amide bonds. The third kappa shape index (κ3) is 3.78. The number of methoxy groups -OCH3 is 1. The highest BCUT2D eigenvalue weighted by atomic mass is 16.5.